The maximum absolute atomic E-state index is 5.47. The zero-order chi connectivity index (χ0) is 12.5. The van der Waals surface area contributed by atoms with Crippen LogP contribution in [-0.4, -0.2) is 32.0 Å². The van der Waals surface area contributed by atoms with Gasteiger partial charge in [-0.05, 0) is 38.9 Å². The number of anilines is 1. The van der Waals surface area contributed by atoms with Gasteiger partial charge < -0.3 is 19.7 Å². The average Bonchev–Trinajstić information content (AvgIpc) is 2.75. The van der Waals surface area contributed by atoms with Crippen LogP contribution < -0.4 is 19.7 Å². The van der Waals surface area contributed by atoms with Gasteiger partial charge in [0, 0.05) is 30.4 Å². The van der Waals surface area contributed by atoms with Crippen molar-refractivity contribution in [1.82, 2.24) is 5.32 Å². The van der Waals surface area contributed by atoms with Gasteiger partial charge in [0.15, 0.2) is 11.5 Å². The van der Waals surface area contributed by atoms with Crippen molar-refractivity contribution in [3.8, 4) is 11.5 Å². The molecule has 2 unspecified atom stereocenters. The summed E-state index contributed by atoms with van der Waals surface area (Å²) < 4.78 is 10.8. The van der Waals surface area contributed by atoms with Gasteiger partial charge in [0.1, 0.15) is 0 Å². The quantitative estimate of drug-likeness (QED) is 0.824. The molecule has 1 aromatic carbocycles. The standard InChI is InChI=1S/C14H20N2O2/c1-10-5-6-15-8-11(2)16(10)12-3-4-13-14(7-12)18-9-17-13/h3-4,7,10-11,15H,5-6,8-9H2,1-2H3. The minimum Gasteiger partial charge on any atom is -0.454 e. The first-order valence-electron chi connectivity index (χ1n) is 6.64. The van der Waals surface area contributed by atoms with Crippen LogP contribution in [0.1, 0.15) is 20.3 Å². The maximum Gasteiger partial charge on any atom is 0.231 e. The largest absolute Gasteiger partial charge is 0.454 e. The summed E-state index contributed by atoms with van der Waals surface area (Å²) in [5, 5.41) is 3.48. The van der Waals surface area contributed by atoms with E-state index in [4.69, 9.17) is 9.47 Å². The lowest BCUT2D eigenvalue weighted by molar-refractivity contribution is 0.174. The molecular weight excluding hydrogens is 228 g/mol. The van der Waals surface area contributed by atoms with E-state index in [1.165, 1.54) is 12.1 Å². The Morgan fingerprint density at radius 2 is 2.00 bits per heavy atom. The molecule has 1 saturated heterocycles. The van der Waals surface area contributed by atoms with Crippen LogP contribution in [0.15, 0.2) is 18.2 Å². The molecule has 2 heterocycles. The second-order valence-corrected chi connectivity index (χ2v) is 5.14. The lowest BCUT2D eigenvalue weighted by Crippen LogP contribution is -2.41. The van der Waals surface area contributed by atoms with E-state index in [-0.39, 0.29) is 0 Å². The molecule has 1 N–H and O–H groups in total. The predicted octanol–water partition coefficient (Wildman–Crippen LogP) is 1.99. The van der Waals surface area contributed by atoms with Crippen molar-refractivity contribution in [2.75, 3.05) is 24.8 Å². The minimum atomic E-state index is 0.339. The molecular formula is C14H20N2O2. The molecule has 18 heavy (non-hydrogen) atoms. The molecule has 3 rings (SSSR count). The van der Waals surface area contributed by atoms with Crippen molar-refractivity contribution in [3.05, 3.63) is 18.2 Å². The highest BCUT2D eigenvalue weighted by Gasteiger charge is 2.24. The molecule has 1 fully saturated rings. The van der Waals surface area contributed by atoms with Gasteiger partial charge in [0.05, 0.1) is 0 Å². The molecule has 98 valence electrons. The highest BCUT2D eigenvalue weighted by Crippen LogP contribution is 2.36. The van der Waals surface area contributed by atoms with E-state index in [0.29, 0.717) is 18.9 Å². The second kappa shape index (κ2) is 4.69. The fraction of sp³-hybridized carbons (Fsp3) is 0.571. The van der Waals surface area contributed by atoms with Crippen LogP contribution in [0.25, 0.3) is 0 Å². The van der Waals surface area contributed by atoms with Crippen LogP contribution in [-0.2, 0) is 0 Å². The first kappa shape index (κ1) is 11.7. The molecule has 2 aliphatic heterocycles. The van der Waals surface area contributed by atoms with Crippen LogP contribution in [0.4, 0.5) is 5.69 Å². The SMILES string of the molecule is CC1CCNCC(C)N1c1ccc2c(c1)OCO2. The first-order valence-corrected chi connectivity index (χ1v) is 6.64. The summed E-state index contributed by atoms with van der Waals surface area (Å²) in [6.45, 7) is 7.00. The zero-order valence-corrected chi connectivity index (χ0v) is 11.0. The Hall–Kier alpha value is -1.42. The van der Waals surface area contributed by atoms with Gasteiger partial charge in [-0.1, -0.05) is 0 Å². The Bertz CT molecular complexity index is 424. The Labute approximate surface area is 108 Å². The highest BCUT2D eigenvalue weighted by molar-refractivity contribution is 5.58. The third-order valence-electron chi connectivity index (χ3n) is 3.78. The Kier molecular flexibility index (Phi) is 3.04. The average molecular weight is 248 g/mol. The Morgan fingerprint density at radius 3 is 2.89 bits per heavy atom. The summed E-state index contributed by atoms with van der Waals surface area (Å²) in [7, 11) is 0. The molecule has 0 saturated carbocycles. The lowest BCUT2D eigenvalue weighted by atomic mass is 10.1. The Morgan fingerprint density at radius 1 is 1.17 bits per heavy atom. The van der Waals surface area contributed by atoms with E-state index in [0.717, 1.165) is 24.6 Å². The summed E-state index contributed by atoms with van der Waals surface area (Å²) in [4.78, 5) is 2.47. The summed E-state index contributed by atoms with van der Waals surface area (Å²) in [6.07, 6.45) is 1.17. The van der Waals surface area contributed by atoms with E-state index in [2.05, 4.69) is 36.2 Å². The Balaban J connectivity index is 1.91. The third kappa shape index (κ3) is 2.01. The molecule has 0 radical (unpaired) electrons. The molecule has 4 nitrogen and oxygen atoms in total. The van der Waals surface area contributed by atoms with Crippen LogP contribution >= 0.6 is 0 Å². The number of hydrogen-bond donors (Lipinski definition) is 1. The zero-order valence-electron chi connectivity index (χ0n) is 11.0. The van der Waals surface area contributed by atoms with E-state index in [1.54, 1.807) is 0 Å². The summed E-state index contributed by atoms with van der Waals surface area (Å²) in [5.41, 5.74) is 1.22. The van der Waals surface area contributed by atoms with Gasteiger partial charge in [-0.25, -0.2) is 0 Å². The molecule has 0 spiro atoms. The van der Waals surface area contributed by atoms with Gasteiger partial charge in [-0.2, -0.15) is 0 Å². The maximum atomic E-state index is 5.47. The predicted molar refractivity (Wildman–Crippen MR) is 71.5 cm³/mol. The molecule has 0 amide bonds. The summed E-state index contributed by atoms with van der Waals surface area (Å²) in [5.74, 6) is 1.72. The van der Waals surface area contributed by atoms with E-state index < -0.39 is 0 Å². The number of ether oxygens (including phenoxy) is 2. The van der Waals surface area contributed by atoms with E-state index in [1.807, 2.05) is 6.07 Å². The normalized spacial score (nSPS) is 27.1. The van der Waals surface area contributed by atoms with Crippen molar-refractivity contribution in [2.45, 2.75) is 32.4 Å². The molecule has 1 aromatic rings. The number of hydrogen-bond acceptors (Lipinski definition) is 4. The van der Waals surface area contributed by atoms with E-state index in [9.17, 15) is 0 Å². The molecule has 0 bridgehead atoms. The number of nitrogens with zero attached hydrogens (tertiary/aromatic N) is 1. The van der Waals surface area contributed by atoms with Crippen LogP contribution in [0.2, 0.25) is 0 Å². The highest BCUT2D eigenvalue weighted by atomic mass is 16.7. The second-order valence-electron chi connectivity index (χ2n) is 5.14. The number of fused-ring (bicyclic) bond motifs is 1. The van der Waals surface area contributed by atoms with Crippen LogP contribution in [0.5, 0.6) is 11.5 Å². The minimum absolute atomic E-state index is 0.339. The van der Waals surface area contributed by atoms with Gasteiger partial charge in [0.2, 0.25) is 6.79 Å². The van der Waals surface area contributed by atoms with Crippen molar-refractivity contribution in [2.24, 2.45) is 0 Å². The van der Waals surface area contributed by atoms with Crippen LogP contribution in [0, 0.1) is 0 Å². The molecule has 0 aliphatic carbocycles. The molecule has 2 aliphatic rings. The third-order valence-corrected chi connectivity index (χ3v) is 3.78. The van der Waals surface area contributed by atoms with Gasteiger partial charge in [-0.3, -0.25) is 0 Å². The van der Waals surface area contributed by atoms with E-state index >= 15 is 0 Å². The smallest absolute Gasteiger partial charge is 0.231 e. The van der Waals surface area contributed by atoms with Crippen molar-refractivity contribution < 1.29 is 9.47 Å². The van der Waals surface area contributed by atoms with Crippen LogP contribution in [0.3, 0.4) is 0 Å². The molecule has 4 heteroatoms. The number of rotatable bonds is 1. The fourth-order valence-electron chi connectivity index (χ4n) is 2.85. The van der Waals surface area contributed by atoms with Gasteiger partial charge >= 0.3 is 0 Å². The van der Waals surface area contributed by atoms with Gasteiger partial charge in [0.25, 0.3) is 0 Å². The topological polar surface area (TPSA) is 33.7 Å². The summed E-state index contributed by atoms with van der Waals surface area (Å²) in [6, 6.07) is 7.26. The molecule has 0 aromatic heterocycles. The fourth-order valence-corrected chi connectivity index (χ4v) is 2.85. The molecule has 2 atom stereocenters. The summed E-state index contributed by atoms with van der Waals surface area (Å²) >= 11 is 0. The van der Waals surface area contributed by atoms with Crippen molar-refractivity contribution in [3.63, 3.8) is 0 Å². The monoisotopic (exact) mass is 248 g/mol. The lowest BCUT2D eigenvalue weighted by Gasteiger charge is -2.34. The number of nitrogens with one attached hydrogen (secondary N) is 1. The van der Waals surface area contributed by atoms with Crippen molar-refractivity contribution >= 4 is 5.69 Å². The number of benzene rings is 1. The van der Waals surface area contributed by atoms with Crippen molar-refractivity contribution in [1.29, 1.82) is 0 Å². The van der Waals surface area contributed by atoms with Gasteiger partial charge in [-0.15, -0.1) is 0 Å². The first-order chi connectivity index (χ1) is 8.75.